The van der Waals surface area contributed by atoms with Gasteiger partial charge in [-0.25, -0.2) is 9.98 Å². The van der Waals surface area contributed by atoms with Gasteiger partial charge in [-0.3, -0.25) is 0 Å². The summed E-state index contributed by atoms with van der Waals surface area (Å²) in [5.41, 5.74) is 11.5. The van der Waals surface area contributed by atoms with Gasteiger partial charge in [-0.1, -0.05) is 133 Å². The van der Waals surface area contributed by atoms with Crippen molar-refractivity contribution in [3.8, 4) is 22.3 Å². The number of fused-ring (bicyclic) bond motifs is 6. The van der Waals surface area contributed by atoms with Crippen molar-refractivity contribution in [1.82, 2.24) is 0 Å². The van der Waals surface area contributed by atoms with E-state index in [1.807, 2.05) is 35.6 Å². The Bertz CT molecular complexity index is 2870. The Balaban J connectivity index is 1.10. The molecule has 0 unspecified atom stereocenters. The lowest BCUT2D eigenvalue weighted by Crippen LogP contribution is -2.04. The number of thiophene rings is 1. The lowest BCUT2D eigenvalue weighted by atomic mass is 9.94. The zero-order chi connectivity index (χ0) is 33.7. The molecule has 7 aromatic carbocycles. The normalized spacial score (nSPS) is 13.4. The second-order valence-electron chi connectivity index (χ2n) is 12.9. The fraction of sp³-hybridized carbons (Fsp3) is 0.0213. The maximum Gasteiger partial charge on any atom is 0.160 e. The molecule has 3 nitrogen and oxygen atoms in total. The van der Waals surface area contributed by atoms with Crippen LogP contribution in [0, 0.1) is 0 Å². The molecule has 0 aliphatic carbocycles. The van der Waals surface area contributed by atoms with E-state index in [0.717, 1.165) is 61.2 Å². The Kier molecular flexibility index (Phi) is 7.07. The predicted molar refractivity (Wildman–Crippen MR) is 216 cm³/mol. The summed E-state index contributed by atoms with van der Waals surface area (Å²) in [4.78, 5) is 10.3. The monoisotopic (exact) mass is 670 g/mol. The first-order valence-electron chi connectivity index (χ1n) is 17.2. The molecule has 0 saturated heterocycles. The zero-order valence-electron chi connectivity index (χ0n) is 27.6. The molecule has 10 rings (SSSR count). The summed E-state index contributed by atoms with van der Waals surface area (Å²) in [6.07, 6.45) is 2.88. The topological polar surface area (TPSA) is 37.9 Å². The highest BCUT2D eigenvalue weighted by atomic mass is 32.1. The molecular formula is C47H30N2OS. The molecule has 0 saturated carbocycles. The van der Waals surface area contributed by atoms with E-state index in [0.29, 0.717) is 12.3 Å². The standard InChI is InChI=1S/C47H30N2OS/c1-3-12-30(13-4-1)39-25-26-40(49-47(48-39)31-14-5-2-6-15-31)34-17-9-16-32(28-34)35-19-10-21-42-45(35)38-29-33(24-27-41(38)50-42)36-20-11-23-44-46(36)37-18-7-8-22-43(37)51-44/h1-24,26-29H,25H2. The number of amidine groups is 1. The first-order chi connectivity index (χ1) is 25.3. The predicted octanol–water partition coefficient (Wildman–Crippen LogP) is 13.0. The third-order valence-corrected chi connectivity index (χ3v) is 10.9. The first-order valence-corrected chi connectivity index (χ1v) is 18.0. The second-order valence-corrected chi connectivity index (χ2v) is 14.0. The van der Waals surface area contributed by atoms with Crippen molar-refractivity contribution in [2.45, 2.75) is 6.42 Å². The van der Waals surface area contributed by atoms with E-state index in [-0.39, 0.29) is 0 Å². The van der Waals surface area contributed by atoms with Crippen LogP contribution in [0.15, 0.2) is 184 Å². The van der Waals surface area contributed by atoms with Crippen molar-refractivity contribution < 1.29 is 4.42 Å². The minimum Gasteiger partial charge on any atom is -0.456 e. The molecular weight excluding hydrogens is 641 g/mol. The van der Waals surface area contributed by atoms with Gasteiger partial charge in [0, 0.05) is 48.5 Å². The number of allylic oxidation sites excluding steroid dienone is 1. The van der Waals surface area contributed by atoms with E-state index in [9.17, 15) is 0 Å². The van der Waals surface area contributed by atoms with Gasteiger partial charge >= 0.3 is 0 Å². The molecule has 2 aromatic heterocycles. The van der Waals surface area contributed by atoms with Gasteiger partial charge in [0.2, 0.25) is 0 Å². The highest BCUT2D eigenvalue weighted by molar-refractivity contribution is 7.25. The van der Waals surface area contributed by atoms with Crippen LogP contribution >= 0.6 is 11.3 Å². The number of rotatable bonds is 5. The van der Waals surface area contributed by atoms with E-state index in [1.165, 1.54) is 31.3 Å². The number of aliphatic imine (C=N–C) groups is 2. The van der Waals surface area contributed by atoms with Crippen molar-refractivity contribution >= 4 is 70.7 Å². The van der Waals surface area contributed by atoms with Crippen molar-refractivity contribution in [2.24, 2.45) is 9.98 Å². The van der Waals surface area contributed by atoms with Crippen LogP contribution in [0.25, 0.3) is 70.1 Å². The lowest BCUT2D eigenvalue weighted by molar-refractivity contribution is 0.669. The maximum atomic E-state index is 6.48. The number of benzene rings is 7. The SMILES string of the molecule is C1=C(c2cccc(-c3cccc4oc5ccc(-c6cccc7sc8ccccc8c67)cc5c34)c2)N=C(c2ccccc2)N=C(c2ccccc2)C1. The zero-order valence-corrected chi connectivity index (χ0v) is 28.4. The third kappa shape index (κ3) is 5.20. The third-order valence-electron chi connectivity index (χ3n) is 9.77. The summed E-state index contributed by atoms with van der Waals surface area (Å²) in [6, 6.07) is 57.7. The minimum absolute atomic E-state index is 0.681. The Morgan fingerprint density at radius 1 is 0.451 bits per heavy atom. The summed E-state index contributed by atoms with van der Waals surface area (Å²) >= 11 is 1.85. The molecule has 0 fully saturated rings. The van der Waals surface area contributed by atoms with Crippen molar-refractivity contribution in [3.63, 3.8) is 0 Å². The quantitative estimate of drug-likeness (QED) is 0.180. The largest absolute Gasteiger partial charge is 0.456 e. The highest BCUT2D eigenvalue weighted by Crippen LogP contribution is 2.43. The highest BCUT2D eigenvalue weighted by Gasteiger charge is 2.18. The average molecular weight is 671 g/mol. The van der Waals surface area contributed by atoms with Crippen LogP contribution in [0.5, 0.6) is 0 Å². The molecule has 0 atom stereocenters. The van der Waals surface area contributed by atoms with Crippen molar-refractivity contribution in [2.75, 3.05) is 0 Å². The smallest absolute Gasteiger partial charge is 0.160 e. The molecule has 0 radical (unpaired) electrons. The Labute approximate surface area is 299 Å². The summed E-state index contributed by atoms with van der Waals surface area (Å²) in [6.45, 7) is 0. The van der Waals surface area contributed by atoms with Crippen LogP contribution in [-0.4, -0.2) is 11.5 Å². The van der Waals surface area contributed by atoms with E-state index in [2.05, 4.69) is 146 Å². The van der Waals surface area contributed by atoms with Crippen LogP contribution in [0.2, 0.25) is 0 Å². The van der Waals surface area contributed by atoms with Gasteiger partial charge < -0.3 is 4.42 Å². The van der Waals surface area contributed by atoms with E-state index >= 15 is 0 Å². The maximum absolute atomic E-state index is 6.48. The molecule has 4 heteroatoms. The Hall–Kier alpha value is -6.36. The van der Waals surface area contributed by atoms with Crippen LogP contribution in [0.1, 0.15) is 23.1 Å². The van der Waals surface area contributed by atoms with Gasteiger partial charge in [0.15, 0.2) is 5.84 Å². The fourth-order valence-corrected chi connectivity index (χ4v) is 8.49. The molecule has 1 aliphatic heterocycles. The van der Waals surface area contributed by atoms with Crippen LogP contribution in [0.3, 0.4) is 0 Å². The van der Waals surface area contributed by atoms with Crippen molar-refractivity contribution in [3.05, 3.63) is 187 Å². The molecule has 3 heterocycles. The average Bonchev–Trinajstić information content (AvgIpc) is 3.68. The molecule has 240 valence electrons. The molecule has 9 aromatic rings. The molecule has 51 heavy (non-hydrogen) atoms. The Morgan fingerprint density at radius 3 is 1.98 bits per heavy atom. The van der Waals surface area contributed by atoms with E-state index in [4.69, 9.17) is 14.4 Å². The van der Waals surface area contributed by atoms with Gasteiger partial charge in [0.05, 0.1) is 11.4 Å². The Morgan fingerprint density at radius 2 is 1.12 bits per heavy atom. The second kappa shape index (κ2) is 12.2. The van der Waals surface area contributed by atoms with E-state index < -0.39 is 0 Å². The van der Waals surface area contributed by atoms with Gasteiger partial charge in [-0.05, 0) is 64.2 Å². The number of hydrogen-bond acceptors (Lipinski definition) is 4. The summed E-state index contributed by atoms with van der Waals surface area (Å²) in [5.74, 6) is 0.715. The van der Waals surface area contributed by atoms with Crippen LogP contribution in [0.4, 0.5) is 0 Å². The summed E-state index contributed by atoms with van der Waals surface area (Å²) in [5, 5.41) is 4.84. The fourth-order valence-electron chi connectivity index (χ4n) is 7.36. The van der Waals surface area contributed by atoms with Crippen LogP contribution < -0.4 is 0 Å². The first kappa shape index (κ1) is 29.5. The van der Waals surface area contributed by atoms with Gasteiger partial charge in [0.1, 0.15) is 11.2 Å². The molecule has 1 aliphatic rings. The summed E-state index contributed by atoms with van der Waals surface area (Å²) < 4.78 is 9.09. The number of hydrogen-bond donors (Lipinski definition) is 0. The van der Waals surface area contributed by atoms with Gasteiger partial charge in [-0.15, -0.1) is 11.3 Å². The number of nitrogens with zero attached hydrogens (tertiary/aromatic N) is 2. The minimum atomic E-state index is 0.681. The lowest BCUT2D eigenvalue weighted by Gasteiger charge is -2.09. The summed E-state index contributed by atoms with van der Waals surface area (Å²) in [7, 11) is 0. The van der Waals surface area contributed by atoms with E-state index in [1.54, 1.807) is 0 Å². The van der Waals surface area contributed by atoms with Gasteiger partial charge in [-0.2, -0.15) is 0 Å². The van der Waals surface area contributed by atoms with Crippen LogP contribution in [-0.2, 0) is 0 Å². The van der Waals surface area contributed by atoms with Gasteiger partial charge in [0.25, 0.3) is 0 Å². The molecule has 0 spiro atoms. The number of furan rings is 1. The molecule has 0 amide bonds. The van der Waals surface area contributed by atoms with Crippen molar-refractivity contribution in [1.29, 1.82) is 0 Å². The molecule has 0 bridgehead atoms. The molecule has 0 N–H and O–H groups in total.